The summed E-state index contributed by atoms with van der Waals surface area (Å²) in [5.74, 6) is 0.702. The molecule has 1 atom stereocenters. The Kier molecular flexibility index (Phi) is 8.52. The lowest BCUT2D eigenvalue weighted by Gasteiger charge is -2.30. The molecule has 1 aliphatic heterocycles. The molecule has 2 N–H and O–H groups in total. The number of hydrogen-bond acceptors (Lipinski definition) is 6. The van der Waals surface area contributed by atoms with Crippen molar-refractivity contribution in [2.45, 2.75) is 76.3 Å². The van der Waals surface area contributed by atoms with Gasteiger partial charge in [0.2, 0.25) is 11.9 Å². The van der Waals surface area contributed by atoms with E-state index in [-0.39, 0.29) is 12.5 Å². The van der Waals surface area contributed by atoms with E-state index in [0.29, 0.717) is 57.4 Å². The van der Waals surface area contributed by atoms with E-state index in [1.807, 2.05) is 4.90 Å². The second-order valence-electron chi connectivity index (χ2n) is 8.68. The van der Waals surface area contributed by atoms with E-state index in [2.05, 4.69) is 16.7 Å². The number of guanidine groups is 1. The zero-order chi connectivity index (χ0) is 22.1. The molecule has 1 heterocycles. The van der Waals surface area contributed by atoms with Gasteiger partial charge in [-0.2, -0.15) is 5.26 Å². The smallest absolute Gasteiger partial charge is 0.413 e. The van der Waals surface area contributed by atoms with Gasteiger partial charge in [-0.25, -0.2) is 9.79 Å². The van der Waals surface area contributed by atoms with Crippen molar-refractivity contribution in [3.05, 3.63) is 0 Å². The molecule has 2 aliphatic carbocycles. The second-order valence-corrected chi connectivity index (χ2v) is 8.68. The number of carbonyl (C=O) groups is 2. The zero-order valence-electron chi connectivity index (χ0n) is 18.5. The Morgan fingerprint density at radius 3 is 2.58 bits per heavy atom. The molecule has 0 aromatic heterocycles. The van der Waals surface area contributed by atoms with E-state index in [1.165, 1.54) is 32.1 Å². The summed E-state index contributed by atoms with van der Waals surface area (Å²) in [5, 5.41) is 15.0. The molecule has 0 radical (unpaired) electrons. The van der Waals surface area contributed by atoms with E-state index < -0.39 is 17.7 Å². The fourth-order valence-corrected chi connectivity index (χ4v) is 4.21. The van der Waals surface area contributed by atoms with Crippen LogP contribution in [-0.4, -0.2) is 67.4 Å². The number of nitrogens with zero attached hydrogens (tertiary/aromatic N) is 3. The predicted octanol–water partition coefficient (Wildman–Crippen LogP) is 2.32. The third-order valence-corrected chi connectivity index (χ3v) is 6.28. The highest BCUT2D eigenvalue weighted by molar-refractivity contribution is 5.96. The van der Waals surface area contributed by atoms with Crippen LogP contribution < -0.4 is 10.6 Å². The van der Waals surface area contributed by atoms with Crippen molar-refractivity contribution in [3.63, 3.8) is 0 Å². The van der Waals surface area contributed by atoms with Gasteiger partial charge < -0.3 is 19.7 Å². The van der Waals surface area contributed by atoms with Crippen LogP contribution >= 0.6 is 0 Å². The van der Waals surface area contributed by atoms with Crippen LogP contribution in [0.2, 0.25) is 0 Å². The van der Waals surface area contributed by atoms with Crippen LogP contribution in [0.4, 0.5) is 4.79 Å². The van der Waals surface area contributed by atoms with Crippen LogP contribution in [0.25, 0.3) is 0 Å². The Morgan fingerprint density at radius 2 is 1.97 bits per heavy atom. The van der Waals surface area contributed by atoms with E-state index >= 15 is 0 Å². The summed E-state index contributed by atoms with van der Waals surface area (Å²) in [6.07, 6.45) is 8.42. The first-order chi connectivity index (χ1) is 15.0. The van der Waals surface area contributed by atoms with Crippen LogP contribution in [0.1, 0.15) is 64.7 Å². The number of nitriles is 1. The molecule has 0 aromatic rings. The summed E-state index contributed by atoms with van der Waals surface area (Å²) in [5.41, 5.74) is -0.747. The molecule has 3 rings (SSSR count). The Labute approximate surface area is 184 Å². The summed E-state index contributed by atoms with van der Waals surface area (Å²) in [6.45, 7) is 4.19. The number of carbonyl (C=O) groups excluding carboxylic acids is 2. The topological polar surface area (TPSA) is 116 Å². The number of nitrogens with one attached hydrogen (secondary N) is 2. The van der Waals surface area contributed by atoms with Crippen LogP contribution in [0.15, 0.2) is 4.99 Å². The summed E-state index contributed by atoms with van der Waals surface area (Å²) in [4.78, 5) is 31.8. The van der Waals surface area contributed by atoms with E-state index in [0.717, 1.165) is 6.42 Å². The van der Waals surface area contributed by atoms with Gasteiger partial charge in [0.25, 0.3) is 0 Å². The molecular formula is C22H35N5O4. The highest BCUT2D eigenvalue weighted by atomic mass is 16.5. The Hall–Kier alpha value is -2.34. The Bertz CT molecular complexity index is 689. The molecule has 0 bridgehead atoms. The van der Waals surface area contributed by atoms with Crippen molar-refractivity contribution in [2.75, 3.05) is 32.9 Å². The molecule has 2 saturated carbocycles. The molecular weight excluding hydrogens is 398 g/mol. The van der Waals surface area contributed by atoms with Crippen LogP contribution in [0.5, 0.6) is 0 Å². The Balaban J connectivity index is 1.76. The fourth-order valence-electron chi connectivity index (χ4n) is 4.21. The van der Waals surface area contributed by atoms with Gasteiger partial charge in [-0.3, -0.25) is 10.1 Å². The average Bonchev–Trinajstić information content (AvgIpc) is 3.57. The van der Waals surface area contributed by atoms with Crippen molar-refractivity contribution >= 4 is 18.0 Å². The van der Waals surface area contributed by atoms with E-state index in [9.17, 15) is 14.9 Å². The number of amides is 2. The van der Waals surface area contributed by atoms with Crippen molar-refractivity contribution in [3.8, 4) is 6.07 Å². The maximum absolute atomic E-state index is 13.1. The summed E-state index contributed by atoms with van der Waals surface area (Å²) in [6, 6.07) is 1.55. The number of hydrogen-bond donors (Lipinski definition) is 2. The number of ether oxygens (including phenoxy) is 2. The Morgan fingerprint density at radius 1 is 1.26 bits per heavy atom. The van der Waals surface area contributed by atoms with Gasteiger partial charge in [-0.1, -0.05) is 32.1 Å². The minimum absolute atomic E-state index is 0.244. The zero-order valence-corrected chi connectivity index (χ0v) is 18.5. The van der Waals surface area contributed by atoms with Crippen LogP contribution in [0, 0.1) is 17.2 Å². The lowest BCUT2D eigenvalue weighted by Crippen LogP contribution is -2.51. The van der Waals surface area contributed by atoms with Gasteiger partial charge >= 0.3 is 6.09 Å². The summed E-state index contributed by atoms with van der Waals surface area (Å²) >= 11 is 0. The van der Waals surface area contributed by atoms with Crippen molar-refractivity contribution in [1.29, 1.82) is 5.26 Å². The minimum Gasteiger partial charge on any atom is -0.450 e. The minimum atomic E-state index is -0.747. The first kappa shape index (κ1) is 23.3. The maximum Gasteiger partial charge on any atom is 0.413 e. The SMILES string of the molecule is CCOC(=O)NC(=N[C@@H](CCC1CCCCC1)C(=O)NC1(C#N)CC1)N1CCOCC1. The molecule has 2 amide bonds. The molecule has 9 nitrogen and oxygen atoms in total. The van der Waals surface area contributed by atoms with Crippen LogP contribution in [0.3, 0.4) is 0 Å². The van der Waals surface area contributed by atoms with Gasteiger partial charge in [0.1, 0.15) is 11.6 Å². The molecule has 3 aliphatic rings. The second kappa shape index (κ2) is 11.3. The summed E-state index contributed by atoms with van der Waals surface area (Å²) < 4.78 is 10.5. The lowest BCUT2D eigenvalue weighted by molar-refractivity contribution is -0.123. The van der Waals surface area contributed by atoms with Gasteiger partial charge in [0, 0.05) is 13.1 Å². The predicted molar refractivity (Wildman–Crippen MR) is 115 cm³/mol. The molecule has 172 valence electrons. The highest BCUT2D eigenvalue weighted by Crippen LogP contribution is 2.35. The molecule has 9 heteroatoms. The van der Waals surface area contributed by atoms with Crippen molar-refractivity contribution < 1.29 is 19.1 Å². The van der Waals surface area contributed by atoms with Gasteiger partial charge in [0.05, 0.1) is 25.9 Å². The van der Waals surface area contributed by atoms with Gasteiger partial charge in [0.15, 0.2) is 0 Å². The fraction of sp³-hybridized carbons (Fsp3) is 0.818. The normalized spacial score (nSPS) is 22.2. The number of alkyl carbamates (subject to hydrolysis) is 1. The van der Waals surface area contributed by atoms with Gasteiger partial charge in [-0.15, -0.1) is 0 Å². The standard InChI is InChI=1S/C22H35N5O4/c1-2-31-21(29)25-20(27-12-14-30-15-13-27)24-18(9-8-17-6-4-3-5-7-17)19(28)26-22(16-23)10-11-22/h17-18H,2-15H2,1H3,(H,26,28)(H,24,25,29)/t18-/m0/s1. The molecule has 31 heavy (non-hydrogen) atoms. The largest absolute Gasteiger partial charge is 0.450 e. The van der Waals surface area contributed by atoms with Crippen molar-refractivity contribution in [2.24, 2.45) is 10.9 Å². The lowest BCUT2D eigenvalue weighted by atomic mass is 9.85. The van der Waals surface area contributed by atoms with Crippen molar-refractivity contribution in [1.82, 2.24) is 15.5 Å². The maximum atomic E-state index is 13.1. The quantitative estimate of drug-likeness (QED) is 0.470. The summed E-state index contributed by atoms with van der Waals surface area (Å²) in [7, 11) is 0. The number of rotatable bonds is 7. The number of morpholine rings is 1. The molecule has 0 aromatic carbocycles. The van der Waals surface area contributed by atoms with Gasteiger partial charge in [-0.05, 0) is 38.5 Å². The van der Waals surface area contributed by atoms with E-state index in [1.54, 1.807) is 6.92 Å². The first-order valence-corrected chi connectivity index (χ1v) is 11.6. The van der Waals surface area contributed by atoms with E-state index in [4.69, 9.17) is 14.5 Å². The third-order valence-electron chi connectivity index (χ3n) is 6.28. The molecule has 0 unspecified atom stereocenters. The van der Waals surface area contributed by atoms with Crippen LogP contribution in [-0.2, 0) is 14.3 Å². The monoisotopic (exact) mass is 433 g/mol. The molecule has 0 spiro atoms. The molecule has 1 saturated heterocycles. The number of aliphatic imine (C=N–C) groups is 1. The molecule has 3 fully saturated rings. The first-order valence-electron chi connectivity index (χ1n) is 11.6. The highest BCUT2D eigenvalue weighted by Gasteiger charge is 2.45. The average molecular weight is 434 g/mol. The third kappa shape index (κ3) is 7.10.